The predicted molar refractivity (Wildman–Crippen MR) is 72.0 cm³/mol. The zero-order valence-electron chi connectivity index (χ0n) is 10.7. The average Bonchev–Trinajstić information content (AvgIpc) is 3.01. The number of nitrogens with zero attached hydrogens (tertiary/aromatic N) is 3. The summed E-state index contributed by atoms with van der Waals surface area (Å²) in [7, 11) is 0. The summed E-state index contributed by atoms with van der Waals surface area (Å²) in [5.74, 6) is -0.0471. The molecule has 0 aromatic carbocycles. The molecule has 106 valence electrons. The standard InChI is InChI=1S/C12H15N5O3/c13-12-15-10-9(11(20)16-12)14-5-17(10)8-1-6(3-18)7(2-8)4-19/h1,5,7-8,18-19H,2-4H2,(H3,13,15,16,20)/t7-,8-/m1/s1. The maximum Gasteiger partial charge on any atom is 0.280 e. The number of nitrogen functional groups attached to an aromatic ring is 1. The van der Waals surface area contributed by atoms with Gasteiger partial charge < -0.3 is 20.5 Å². The lowest BCUT2D eigenvalue weighted by atomic mass is 10.0. The van der Waals surface area contributed by atoms with E-state index < -0.39 is 0 Å². The van der Waals surface area contributed by atoms with Crippen LogP contribution in [-0.2, 0) is 0 Å². The maximum absolute atomic E-state index is 11.7. The molecule has 0 spiro atoms. The molecule has 2 heterocycles. The van der Waals surface area contributed by atoms with Crippen LogP contribution in [0.3, 0.4) is 0 Å². The highest BCUT2D eigenvalue weighted by Crippen LogP contribution is 2.34. The first-order chi connectivity index (χ1) is 9.63. The predicted octanol–water partition coefficient (Wildman–Crippen LogP) is -0.826. The minimum absolute atomic E-state index is 0.0221. The average molecular weight is 277 g/mol. The number of aliphatic hydroxyl groups excluding tert-OH is 2. The first-order valence-electron chi connectivity index (χ1n) is 6.28. The van der Waals surface area contributed by atoms with Gasteiger partial charge in [-0.3, -0.25) is 9.78 Å². The van der Waals surface area contributed by atoms with Gasteiger partial charge in [0.15, 0.2) is 11.2 Å². The molecule has 2 atom stereocenters. The number of aromatic amines is 1. The van der Waals surface area contributed by atoms with E-state index in [0.717, 1.165) is 5.57 Å². The second kappa shape index (κ2) is 4.73. The topological polar surface area (TPSA) is 130 Å². The van der Waals surface area contributed by atoms with Gasteiger partial charge in [-0.15, -0.1) is 0 Å². The van der Waals surface area contributed by atoms with Crippen LogP contribution in [0.4, 0.5) is 5.95 Å². The molecule has 3 rings (SSSR count). The molecule has 2 aromatic rings. The molecule has 5 N–H and O–H groups in total. The third kappa shape index (κ3) is 1.89. The third-order valence-electron chi connectivity index (χ3n) is 3.67. The van der Waals surface area contributed by atoms with Crippen LogP contribution in [0.25, 0.3) is 11.2 Å². The highest BCUT2D eigenvalue weighted by molar-refractivity contribution is 5.70. The summed E-state index contributed by atoms with van der Waals surface area (Å²) in [6.07, 6.45) is 4.04. The molecule has 20 heavy (non-hydrogen) atoms. The van der Waals surface area contributed by atoms with Crippen molar-refractivity contribution in [3.63, 3.8) is 0 Å². The molecule has 0 aliphatic heterocycles. The molecule has 0 fully saturated rings. The molecule has 0 radical (unpaired) electrons. The molecular formula is C12H15N5O3. The van der Waals surface area contributed by atoms with Crippen LogP contribution in [-0.4, -0.2) is 42.9 Å². The maximum atomic E-state index is 11.7. The molecule has 0 unspecified atom stereocenters. The Labute approximate surface area is 113 Å². The van der Waals surface area contributed by atoms with E-state index in [2.05, 4.69) is 15.0 Å². The van der Waals surface area contributed by atoms with Crippen molar-refractivity contribution in [1.82, 2.24) is 19.5 Å². The van der Waals surface area contributed by atoms with Gasteiger partial charge in [0.1, 0.15) is 0 Å². The summed E-state index contributed by atoms with van der Waals surface area (Å²) < 4.78 is 1.74. The van der Waals surface area contributed by atoms with E-state index >= 15 is 0 Å². The van der Waals surface area contributed by atoms with Crippen LogP contribution in [0.5, 0.6) is 0 Å². The van der Waals surface area contributed by atoms with Crippen molar-refractivity contribution in [3.05, 3.63) is 28.3 Å². The van der Waals surface area contributed by atoms with E-state index in [1.807, 2.05) is 6.08 Å². The number of allylic oxidation sites excluding steroid dienone is 1. The van der Waals surface area contributed by atoms with E-state index in [0.29, 0.717) is 12.1 Å². The molecule has 0 bridgehead atoms. The van der Waals surface area contributed by atoms with Crippen molar-refractivity contribution in [2.24, 2.45) is 5.92 Å². The number of rotatable bonds is 3. The normalized spacial score (nSPS) is 22.4. The lowest BCUT2D eigenvalue weighted by Gasteiger charge is -2.13. The molecule has 0 saturated heterocycles. The van der Waals surface area contributed by atoms with Gasteiger partial charge in [0, 0.05) is 12.5 Å². The summed E-state index contributed by atoms with van der Waals surface area (Å²) in [5, 5.41) is 18.6. The number of hydrogen-bond donors (Lipinski definition) is 4. The fourth-order valence-electron chi connectivity index (χ4n) is 2.65. The van der Waals surface area contributed by atoms with Crippen molar-refractivity contribution in [1.29, 1.82) is 0 Å². The summed E-state index contributed by atoms with van der Waals surface area (Å²) in [5.41, 5.74) is 6.60. The minimum Gasteiger partial charge on any atom is -0.396 e. The van der Waals surface area contributed by atoms with Gasteiger partial charge in [0.2, 0.25) is 5.95 Å². The van der Waals surface area contributed by atoms with Gasteiger partial charge in [-0.25, -0.2) is 4.98 Å². The Balaban J connectivity index is 2.08. The number of hydrogen-bond acceptors (Lipinski definition) is 6. The van der Waals surface area contributed by atoms with Crippen LogP contribution in [0, 0.1) is 5.92 Å². The van der Waals surface area contributed by atoms with Crippen LogP contribution in [0.15, 0.2) is 22.8 Å². The zero-order valence-corrected chi connectivity index (χ0v) is 10.7. The number of nitrogens with one attached hydrogen (secondary N) is 1. The SMILES string of the molecule is Nc1nc2c(ncn2[C@@H]2C=C(CO)[C@@H](CO)C2)c(=O)[nH]1. The smallest absolute Gasteiger partial charge is 0.280 e. The quantitative estimate of drug-likeness (QED) is 0.542. The van der Waals surface area contributed by atoms with E-state index in [1.54, 1.807) is 4.57 Å². The monoisotopic (exact) mass is 277 g/mol. The van der Waals surface area contributed by atoms with Crippen LogP contribution >= 0.6 is 0 Å². The second-order valence-corrected chi connectivity index (χ2v) is 4.86. The lowest BCUT2D eigenvalue weighted by molar-refractivity contribution is 0.223. The van der Waals surface area contributed by atoms with Crippen LogP contribution < -0.4 is 11.3 Å². The van der Waals surface area contributed by atoms with Crippen molar-refractivity contribution in [2.45, 2.75) is 12.5 Å². The molecule has 8 nitrogen and oxygen atoms in total. The molecular weight excluding hydrogens is 262 g/mol. The van der Waals surface area contributed by atoms with Gasteiger partial charge in [0.05, 0.1) is 19.0 Å². The Morgan fingerprint density at radius 3 is 2.95 bits per heavy atom. The number of fused-ring (bicyclic) bond motifs is 1. The lowest BCUT2D eigenvalue weighted by Crippen LogP contribution is -2.14. The van der Waals surface area contributed by atoms with Crippen molar-refractivity contribution < 1.29 is 10.2 Å². The fourth-order valence-corrected chi connectivity index (χ4v) is 2.65. The Morgan fingerprint density at radius 1 is 1.50 bits per heavy atom. The summed E-state index contributed by atoms with van der Waals surface area (Å²) in [4.78, 5) is 22.3. The molecule has 1 aliphatic rings. The number of nitrogens with two attached hydrogens (primary N) is 1. The summed E-state index contributed by atoms with van der Waals surface area (Å²) in [6, 6.07) is -0.104. The van der Waals surface area contributed by atoms with Gasteiger partial charge >= 0.3 is 0 Å². The van der Waals surface area contributed by atoms with Crippen molar-refractivity contribution in [2.75, 3.05) is 18.9 Å². The Morgan fingerprint density at radius 2 is 2.30 bits per heavy atom. The number of aromatic nitrogens is 4. The zero-order chi connectivity index (χ0) is 14.3. The van der Waals surface area contributed by atoms with Crippen molar-refractivity contribution in [3.8, 4) is 0 Å². The summed E-state index contributed by atoms with van der Waals surface area (Å²) >= 11 is 0. The Hall–Kier alpha value is -2.19. The highest BCUT2D eigenvalue weighted by atomic mass is 16.3. The van der Waals surface area contributed by atoms with E-state index in [4.69, 9.17) is 5.73 Å². The van der Waals surface area contributed by atoms with Crippen molar-refractivity contribution >= 4 is 17.1 Å². The number of imidazole rings is 1. The van der Waals surface area contributed by atoms with Gasteiger partial charge in [0.25, 0.3) is 5.56 Å². The Bertz CT molecular complexity index is 732. The summed E-state index contributed by atoms with van der Waals surface area (Å²) in [6.45, 7) is -0.115. The van der Waals surface area contributed by atoms with Crippen LogP contribution in [0.2, 0.25) is 0 Å². The number of anilines is 1. The van der Waals surface area contributed by atoms with E-state index in [-0.39, 0.29) is 42.2 Å². The molecule has 0 saturated carbocycles. The largest absolute Gasteiger partial charge is 0.396 e. The number of aliphatic hydroxyl groups is 2. The molecule has 1 aliphatic carbocycles. The molecule has 8 heteroatoms. The third-order valence-corrected chi connectivity index (χ3v) is 3.67. The molecule has 0 amide bonds. The van der Waals surface area contributed by atoms with Gasteiger partial charge in [-0.05, 0) is 12.0 Å². The minimum atomic E-state index is -0.380. The highest BCUT2D eigenvalue weighted by Gasteiger charge is 2.28. The molecule has 2 aromatic heterocycles. The van der Waals surface area contributed by atoms with Crippen LogP contribution in [0.1, 0.15) is 12.5 Å². The Kier molecular flexibility index (Phi) is 3.03. The van der Waals surface area contributed by atoms with Gasteiger partial charge in [-0.2, -0.15) is 4.98 Å². The number of H-pyrrole nitrogens is 1. The second-order valence-electron chi connectivity index (χ2n) is 4.86. The first-order valence-corrected chi connectivity index (χ1v) is 6.28. The fraction of sp³-hybridized carbons (Fsp3) is 0.417. The first kappa shape index (κ1) is 12.8. The van der Waals surface area contributed by atoms with Gasteiger partial charge in [-0.1, -0.05) is 6.08 Å². The van der Waals surface area contributed by atoms with E-state index in [9.17, 15) is 15.0 Å². The van der Waals surface area contributed by atoms with E-state index in [1.165, 1.54) is 6.33 Å².